The normalized spacial score (nSPS) is 12.6. The fraction of sp³-hybridized carbons (Fsp3) is 0.667. The smallest absolute Gasteiger partial charge is 0.119 e. The van der Waals surface area contributed by atoms with Gasteiger partial charge in [0, 0.05) is 19.2 Å². The quantitative estimate of drug-likeness (QED) is 0.621. The molecule has 0 aliphatic heterocycles. The summed E-state index contributed by atoms with van der Waals surface area (Å²) in [5.74, 6) is 1.50. The molecule has 0 saturated heterocycles. The van der Waals surface area contributed by atoms with Crippen LogP contribution < -0.4 is 10.1 Å². The summed E-state index contributed by atoms with van der Waals surface area (Å²) in [7, 11) is 0. The number of hydrogen-bond acceptors (Lipinski definition) is 3. The number of ether oxygens (including phenoxy) is 2. The largest absolute Gasteiger partial charge is 0.493 e. The number of rotatable bonds is 11. The highest BCUT2D eigenvalue weighted by atomic mass is 16.5. The second-order valence-corrected chi connectivity index (χ2v) is 5.92. The third-order valence-corrected chi connectivity index (χ3v) is 3.30. The van der Waals surface area contributed by atoms with E-state index in [2.05, 4.69) is 45.1 Å². The molecule has 1 unspecified atom stereocenters. The minimum absolute atomic E-state index is 0.332. The Bertz CT molecular complexity index is 362. The van der Waals surface area contributed by atoms with E-state index in [1.54, 1.807) is 0 Å². The van der Waals surface area contributed by atoms with Gasteiger partial charge in [-0.25, -0.2) is 0 Å². The van der Waals surface area contributed by atoms with Gasteiger partial charge in [-0.15, -0.1) is 0 Å². The van der Waals surface area contributed by atoms with Crippen LogP contribution >= 0.6 is 0 Å². The lowest BCUT2D eigenvalue weighted by atomic mass is 10.1. The molecule has 0 amide bonds. The van der Waals surface area contributed by atoms with E-state index in [0.717, 1.165) is 38.5 Å². The first kappa shape index (κ1) is 18.0. The molecule has 1 N–H and O–H groups in total. The number of benzene rings is 1. The first-order valence-corrected chi connectivity index (χ1v) is 8.17. The maximum atomic E-state index is 5.70. The second kappa shape index (κ2) is 10.6. The van der Waals surface area contributed by atoms with Crippen LogP contribution in [-0.4, -0.2) is 26.4 Å². The zero-order chi connectivity index (χ0) is 15.5. The fourth-order valence-electron chi connectivity index (χ4n) is 1.93. The monoisotopic (exact) mass is 293 g/mol. The summed E-state index contributed by atoms with van der Waals surface area (Å²) in [5.41, 5.74) is 1.28. The first-order valence-electron chi connectivity index (χ1n) is 8.17. The van der Waals surface area contributed by atoms with Crippen LogP contribution in [0.25, 0.3) is 0 Å². The van der Waals surface area contributed by atoms with Crippen molar-refractivity contribution in [2.45, 2.75) is 46.6 Å². The van der Waals surface area contributed by atoms with E-state index in [9.17, 15) is 0 Å². The Kier molecular flexibility index (Phi) is 9.11. The van der Waals surface area contributed by atoms with Gasteiger partial charge in [0.05, 0.1) is 13.2 Å². The summed E-state index contributed by atoms with van der Waals surface area (Å²) in [6.07, 6.45) is 2.34. The topological polar surface area (TPSA) is 30.5 Å². The predicted octanol–water partition coefficient (Wildman–Crippen LogP) is 4.19. The fourth-order valence-corrected chi connectivity index (χ4v) is 1.93. The van der Waals surface area contributed by atoms with Gasteiger partial charge in [0.2, 0.25) is 0 Å². The molecular formula is C18H31NO2. The van der Waals surface area contributed by atoms with Crippen molar-refractivity contribution in [1.82, 2.24) is 5.32 Å². The number of hydrogen-bond donors (Lipinski definition) is 1. The predicted molar refractivity (Wildman–Crippen MR) is 88.9 cm³/mol. The van der Waals surface area contributed by atoms with Crippen LogP contribution in [0.3, 0.4) is 0 Å². The van der Waals surface area contributed by atoms with Crippen LogP contribution in [0.2, 0.25) is 0 Å². The van der Waals surface area contributed by atoms with E-state index in [0.29, 0.717) is 12.0 Å². The Labute approximate surface area is 130 Å². The van der Waals surface area contributed by atoms with Gasteiger partial charge in [-0.3, -0.25) is 0 Å². The zero-order valence-corrected chi connectivity index (χ0v) is 14.0. The van der Waals surface area contributed by atoms with Crippen LogP contribution in [-0.2, 0) is 4.74 Å². The lowest BCUT2D eigenvalue weighted by Gasteiger charge is -2.15. The van der Waals surface area contributed by atoms with Crippen molar-refractivity contribution in [3.8, 4) is 5.75 Å². The van der Waals surface area contributed by atoms with Crippen molar-refractivity contribution >= 4 is 0 Å². The van der Waals surface area contributed by atoms with E-state index in [4.69, 9.17) is 9.47 Å². The van der Waals surface area contributed by atoms with Crippen molar-refractivity contribution in [2.75, 3.05) is 26.4 Å². The van der Waals surface area contributed by atoms with Gasteiger partial charge in [0.1, 0.15) is 5.75 Å². The van der Waals surface area contributed by atoms with Crippen molar-refractivity contribution in [2.24, 2.45) is 5.92 Å². The average molecular weight is 293 g/mol. The summed E-state index contributed by atoms with van der Waals surface area (Å²) in [6.45, 7) is 12.0. The zero-order valence-electron chi connectivity index (χ0n) is 14.0. The molecule has 1 atom stereocenters. The molecule has 0 aliphatic carbocycles. The summed E-state index contributed by atoms with van der Waals surface area (Å²) in [6, 6.07) is 8.69. The maximum absolute atomic E-state index is 5.70. The molecule has 3 nitrogen and oxygen atoms in total. The molecule has 1 rings (SSSR count). The minimum atomic E-state index is 0.332. The van der Waals surface area contributed by atoms with Gasteiger partial charge in [-0.05, 0) is 37.0 Å². The van der Waals surface area contributed by atoms with Crippen molar-refractivity contribution in [3.63, 3.8) is 0 Å². The van der Waals surface area contributed by atoms with Gasteiger partial charge in [0.15, 0.2) is 0 Å². The lowest BCUT2D eigenvalue weighted by molar-refractivity contribution is 0.131. The molecule has 21 heavy (non-hydrogen) atoms. The molecule has 0 bridgehead atoms. The van der Waals surface area contributed by atoms with E-state index in [-0.39, 0.29) is 0 Å². The van der Waals surface area contributed by atoms with Crippen molar-refractivity contribution < 1.29 is 9.47 Å². The molecule has 0 aromatic heterocycles. The van der Waals surface area contributed by atoms with Crippen LogP contribution in [0.15, 0.2) is 24.3 Å². The van der Waals surface area contributed by atoms with E-state index in [1.807, 2.05) is 12.1 Å². The van der Waals surface area contributed by atoms with Gasteiger partial charge >= 0.3 is 0 Å². The number of unbranched alkanes of at least 4 members (excludes halogenated alkanes) is 1. The Balaban J connectivity index is 2.25. The Morgan fingerprint density at radius 3 is 2.38 bits per heavy atom. The van der Waals surface area contributed by atoms with Gasteiger partial charge in [-0.2, -0.15) is 0 Å². The SMILES string of the molecule is CCCCOCCNC(C)c1ccc(OCC(C)C)cc1. The molecule has 0 heterocycles. The third-order valence-electron chi connectivity index (χ3n) is 3.30. The maximum Gasteiger partial charge on any atom is 0.119 e. The molecular weight excluding hydrogens is 262 g/mol. The van der Waals surface area contributed by atoms with E-state index < -0.39 is 0 Å². The summed E-state index contributed by atoms with van der Waals surface area (Å²) in [4.78, 5) is 0. The molecule has 3 heteroatoms. The lowest BCUT2D eigenvalue weighted by Crippen LogP contribution is -2.23. The molecule has 1 aromatic rings. The second-order valence-electron chi connectivity index (χ2n) is 5.92. The van der Waals surface area contributed by atoms with E-state index >= 15 is 0 Å². The summed E-state index contributed by atoms with van der Waals surface area (Å²) >= 11 is 0. The summed E-state index contributed by atoms with van der Waals surface area (Å²) in [5, 5.41) is 3.48. The highest BCUT2D eigenvalue weighted by molar-refractivity contribution is 5.28. The molecule has 0 spiro atoms. The first-order chi connectivity index (χ1) is 10.1. The van der Waals surface area contributed by atoms with E-state index in [1.165, 1.54) is 12.0 Å². The molecule has 0 fully saturated rings. The highest BCUT2D eigenvalue weighted by Crippen LogP contribution is 2.18. The van der Waals surface area contributed by atoms with Gasteiger partial charge in [0.25, 0.3) is 0 Å². The molecule has 1 aromatic carbocycles. The van der Waals surface area contributed by atoms with Crippen LogP contribution in [0.1, 0.15) is 52.1 Å². The van der Waals surface area contributed by atoms with Crippen LogP contribution in [0.5, 0.6) is 5.75 Å². The average Bonchev–Trinajstić information content (AvgIpc) is 2.49. The van der Waals surface area contributed by atoms with Crippen molar-refractivity contribution in [3.05, 3.63) is 29.8 Å². The minimum Gasteiger partial charge on any atom is -0.493 e. The standard InChI is InChI=1S/C18H31NO2/c1-5-6-12-20-13-11-19-16(4)17-7-9-18(10-8-17)21-14-15(2)3/h7-10,15-16,19H,5-6,11-14H2,1-4H3. The molecule has 0 saturated carbocycles. The highest BCUT2D eigenvalue weighted by Gasteiger charge is 2.05. The Hall–Kier alpha value is -1.06. The Morgan fingerprint density at radius 2 is 1.76 bits per heavy atom. The Morgan fingerprint density at radius 1 is 1.05 bits per heavy atom. The molecule has 0 aliphatic rings. The van der Waals surface area contributed by atoms with Crippen LogP contribution in [0, 0.1) is 5.92 Å². The van der Waals surface area contributed by atoms with Crippen molar-refractivity contribution in [1.29, 1.82) is 0 Å². The van der Waals surface area contributed by atoms with Gasteiger partial charge in [-0.1, -0.05) is 39.3 Å². The molecule has 120 valence electrons. The molecule has 0 radical (unpaired) electrons. The third kappa shape index (κ3) is 8.08. The van der Waals surface area contributed by atoms with Crippen LogP contribution in [0.4, 0.5) is 0 Å². The van der Waals surface area contributed by atoms with Gasteiger partial charge < -0.3 is 14.8 Å². The number of nitrogens with one attached hydrogen (secondary N) is 1. The summed E-state index contributed by atoms with van der Waals surface area (Å²) < 4.78 is 11.2.